The predicted molar refractivity (Wildman–Crippen MR) is 65.8 cm³/mol. The van der Waals surface area contributed by atoms with Crippen molar-refractivity contribution in [3.05, 3.63) is 17.6 Å². The zero-order valence-electron chi connectivity index (χ0n) is 10.6. The zero-order chi connectivity index (χ0) is 13.2. The molecule has 0 spiro atoms. The van der Waals surface area contributed by atoms with Crippen LogP contribution in [0.15, 0.2) is 6.20 Å². The first-order valence-electron chi connectivity index (χ1n) is 5.93. The highest BCUT2D eigenvalue weighted by Crippen LogP contribution is 2.26. The van der Waals surface area contributed by atoms with Crippen LogP contribution in [0.5, 0.6) is 0 Å². The van der Waals surface area contributed by atoms with Crippen LogP contribution in [0, 0.1) is 6.92 Å². The normalized spacial score (nSPS) is 18.3. The fourth-order valence-electron chi connectivity index (χ4n) is 1.95. The number of ether oxygens (including phenoxy) is 1. The molecule has 1 aromatic rings. The van der Waals surface area contributed by atoms with Gasteiger partial charge in [-0.15, -0.1) is 0 Å². The van der Waals surface area contributed by atoms with Crippen molar-refractivity contribution in [2.24, 2.45) is 0 Å². The van der Waals surface area contributed by atoms with Gasteiger partial charge in [0.2, 0.25) is 0 Å². The summed E-state index contributed by atoms with van der Waals surface area (Å²) < 4.78 is 5.31. The first-order chi connectivity index (χ1) is 8.50. The zero-order valence-corrected chi connectivity index (χ0v) is 10.6. The van der Waals surface area contributed by atoms with Crippen molar-refractivity contribution in [3.8, 4) is 0 Å². The van der Waals surface area contributed by atoms with Crippen LogP contribution in [-0.4, -0.2) is 39.8 Å². The Balaban J connectivity index is 2.26. The SMILES string of the molecule is Cc1ncc(C(=O)O)c(NC2(C)CCOCC2)n1. The molecule has 2 heterocycles. The lowest BCUT2D eigenvalue weighted by molar-refractivity contribution is 0.0654. The van der Waals surface area contributed by atoms with Crippen molar-refractivity contribution in [3.63, 3.8) is 0 Å². The molecule has 1 fully saturated rings. The number of aromatic carboxylic acids is 1. The van der Waals surface area contributed by atoms with Crippen LogP contribution in [0.3, 0.4) is 0 Å². The largest absolute Gasteiger partial charge is 0.477 e. The van der Waals surface area contributed by atoms with Crippen LogP contribution in [0.25, 0.3) is 0 Å². The third kappa shape index (κ3) is 2.76. The summed E-state index contributed by atoms with van der Waals surface area (Å²) >= 11 is 0. The predicted octanol–water partition coefficient (Wildman–Crippen LogP) is 1.46. The van der Waals surface area contributed by atoms with Gasteiger partial charge in [0.25, 0.3) is 0 Å². The average molecular weight is 251 g/mol. The van der Waals surface area contributed by atoms with Gasteiger partial charge in [0, 0.05) is 24.9 Å². The number of carbonyl (C=O) groups is 1. The van der Waals surface area contributed by atoms with Gasteiger partial charge in [0.05, 0.1) is 0 Å². The molecule has 1 aliphatic heterocycles. The number of rotatable bonds is 3. The van der Waals surface area contributed by atoms with E-state index in [1.54, 1.807) is 6.92 Å². The molecule has 2 N–H and O–H groups in total. The second kappa shape index (κ2) is 4.89. The summed E-state index contributed by atoms with van der Waals surface area (Å²) in [6.07, 6.45) is 3.00. The highest BCUT2D eigenvalue weighted by Gasteiger charge is 2.29. The van der Waals surface area contributed by atoms with E-state index in [1.165, 1.54) is 6.20 Å². The Bertz CT molecular complexity index is 456. The lowest BCUT2D eigenvalue weighted by Crippen LogP contribution is -2.41. The summed E-state index contributed by atoms with van der Waals surface area (Å²) in [5, 5.41) is 12.4. The quantitative estimate of drug-likeness (QED) is 0.846. The number of aromatic nitrogens is 2. The first kappa shape index (κ1) is 12.8. The Morgan fingerprint density at radius 2 is 2.17 bits per heavy atom. The minimum Gasteiger partial charge on any atom is -0.477 e. The molecule has 0 bridgehead atoms. The molecule has 98 valence electrons. The van der Waals surface area contributed by atoms with Crippen LogP contribution < -0.4 is 5.32 Å². The minimum absolute atomic E-state index is 0.105. The summed E-state index contributed by atoms with van der Waals surface area (Å²) in [5.74, 6) is -0.0780. The molecule has 6 heteroatoms. The molecular weight excluding hydrogens is 234 g/mol. The van der Waals surface area contributed by atoms with E-state index >= 15 is 0 Å². The van der Waals surface area contributed by atoms with Crippen molar-refractivity contribution in [2.45, 2.75) is 32.2 Å². The van der Waals surface area contributed by atoms with Crippen LogP contribution >= 0.6 is 0 Å². The van der Waals surface area contributed by atoms with Gasteiger partial charge in [-0.05, 0) is 26.7 Å². The van der Waals surface area contributed by atoms with Gasteiger partial charge >= 0.3 is 5.97 Å². The van der Waals surface area contributed by atoms with Crippen LogP contribution in [0.1, 0.15) is 35.9 Å². The molecule has 2 rings (SSSR count). The molecule has 0 saturated carbocycles. The molecule has 6 nitrogen and oxygen atoms in total. The number of nitrogens with one attached hydrogen (secondary N) is 1. The summed E-state index contributed by atoms with van der Waals surface area (Å²) in [4.78, 5) is 19.2. The maximum atomic E-state index is 11.1. The van der Waals surface area contributed by atoms with Crippen molar-refractivity contribution >= 4 is 11.8 Å². The van der Waals surface area contributed by atoms with E-state index < -0.39 is 5.97 Å². The highest BCUT2D eigenvalue weighted by molar-refractivity contribution is 5.92. The Kier molecular flexibility index (Phi) is 3.47. The molecule has 1 aromatic heterocycles. The Hall–Kier alpha value is -1.69. The maximum Gasteiger partial charge on any atom is 0.341 e. The Morgan fingerprint density at radius 1 is 1.50 bits per heavy atom. The fourth-order valence-corrected chi connectivity index (χ4v) is 1.95. The summed E-state index contributed by atoms with van der Waals surface area (Å²) in [6.45, 7) is 5.15. The van der Waals surface area contributed by atoms with Crippen molar-refractivity contribution < 1.29 is 14.6 Å². The van der Waals surface area contributed by atoms with Crippen molar-refractivity contribution in [1.82, 2.24) is 9.97 Å². The van der Waals surface area contributed by atoms with Gasteiger partial charge in [-0.2, -0.15) is 0 Å². The molecule has 1 aliphatic rings. The highest BCUT2D eigenvalue weighted by atomic mass is 16.5. The van der Waals surface area contributed by atoms with Crippen LogP contribution in [0.4, 0.5) is 5.82 Å². The summed E-state index contributed by atoms with van der Waals surface area (Å²) in [5.41, 5.74) is -0.0724. The lowest BCUT2D eigenvalue weighted by Gasteiger charge is -2.35. The smallest absolute Gasteiger partial charge is 0.341 e. The topological polar surface area (TPSA) is 84.3 Å². The summed E-state index contributed by atoms with van der Waals surface area (Å²) in [7, 11) is 0. The van der Waals surface area contributed by atoms with E-state index in [4.69, 9.17) is 9.84 Å². The van der Waals surface area contributed by atoms with Crippen molar-refractivity contribution in [2.75, 3.05) is 18.5 Å². The van der Waals surface area contributed by atoms with Crippen LogP contribution in [-0.2, 0) is 4.74 Å². The maximum absolute atomic E-state index is 11.1. The minimum atomic E-state index is -1.02. The van der Waals surface area contributed by atoms with Crippen molar-refractivity contribution in [1.29, 1.82) is 0 Å². The van der Waals surface area contributed by atoms with E-state index in [1.807, 2.05) is 0 Å². The standard InChI is InChI=1S/C12H17N3O3/c1-8-13-7-9(11(16)17)10(14-8)15-12(2)3-5-18-6-4-12/h7H,3-6H2,1-2H3,(H,16,17)(H,13,14,15). The third-order valence-corrected chi connectivity index (χ3v) is 3.16. The third-order valence-electron chi connectivity index (χ3n) is 3.16. The Labute approximate surface area is 105 Å². The van der Waals surface area contributed by atoms with Gasteiger partial charge in [-0.1, -0.05) is 0 Å². The van der Waals surface area contributed by atoms with Gasteiger partial charge in [-0.3, -0.25) is 0 Å². The van der Waals surface area contributed by atoms with E-state index in [0.717, 1.165) is 12.8 Å². The van der Waals surface area contributed by atoms with Gasteiger partial charge < -0.3 is 15.2 Å². The molecular formula is C12H17N3O3. The fraction of sp³-hybridized carbons (Fsp3) is 0.583. The molecule has 0 amide bonds. The molecule has 18 heavy (non-hydrogen) atoms. The van der Waals surface area contributed by atoms with Crippen LogP contribution in [0.2, 0.25) is 0 Å². The molecule has 0 radical (unpaired) electrons. The molecule has 0 aromatic carbocycles. The number of anilines is 1. The number of nitrogens with zero attached hydrogens (tertiary/aromatic N) is 2. The molecule has 0 atom stereocenters. The van der Waals surface area contributed by atoms with Gasteiger partial charge in [-0.25, -0.2) is 14.8 Å². The number of hydrogen-bond acceptors (Lipinski definition) is 5. The average Bonchev–Trinajstić information content (AvgIpc) is 2.28. The molecule has 1 saturated heterocycles. The van der Waals surface area contributed by atoms with E-state index in [2.05, 4.69) is 22.2 Å². The number of carboxylic acids is 1. The second-order valence-corrected chi connectivity index (χ2v) is 4.78. The van der Waals surface area contributed by atoms with Gasteiger partial charge in [0.1, 0.15) is 17.2 Å². The van der Waals surface area contributed by atoms with E-state index in [-0.39, 0.29) is 11.1 Å². The number of aryl methyl sites for hydroxylation is 1. The second-order valence-electron chi connectivity index (χ2n) is 4.78. The molecule has 0 unspecified atom stereocenters. The first-order valence-corrected chi connectivity index (χ1v) is 5.93. The summed E-state index contributed by atoms with van der Waals surface area (Å²) in [6, 6.07) is 0. The van der Waals surface area contributed by atoms with Gasteiger partial charge in [0.15, 0.2) is 0 Å². The number of carboxylic acid groups (broad SMARTS) is 1. The number of hydrogen-bond donors (Lipinski definition) is 2. The van der Waals surface area contributed by atoms with E-state index in [0.29, 0.717) is 24.9 Å². The monoisotopic (exact) mass is 251 g/mol. The molecule has 0 aliphatic carbocycles. The lowest BCUT2D eigenvalue weighted by atomic mass is 9.92. The van der Waals surface area contributed by atoms with E-state index in [9.17, 15) is 4.79 Å². The Morgan fingerprint density at radius 3 is 2.78 bits per heavy atom.